The van der Waals surface area contributed by atoms with Gasteiger partial charge in [0.05, 0.1) is 13.2 Å². The topological polar surface area (TPSA) is 41.6 Å². The van der Waals surface area contributed by atoms with Gasteiger partial charge in [-0.05, 0) is 19.3 Å². The number of rotatable bonds is 6. The first kappa shape index (κ1) is 16.8. The second-order valence-corrected chi connectivity index (χ2v) is 6.56. The van der Waals surface area contributed by atoms with Crippen LogP contribution in [0.5, 0.6) is 0 Å². The van der Waals surface area contributed by atoms with Crippen molar-refractivity contribution in [2.45, 2.75) is 76.8 Å². The van der Waals surface area contributed by atoms with E-state index in [0.717, 1.165) is 26.3 Å². The minimum absolute atomic E-state index is 0.239. The lowest BCUT2D eigenvalue weighted by atomic mass is 10.1. The Hall–Kier alpha value is -0.610. The average molecular weight is 296 g/mol. The molecule has 122 valence electrons. The van der Waals surface area contributed by atoms with Gasteiger partial charge in [-0.2, -0.15) is 0 Å². The Morgan fingerprint density at radius 1 is 1.24 bits per heavy atom. The summed E-state index contributed by atoms with van der Waals surface area (Å²) < 4.78 is 5.56. The zero-order chi connectivity index (χ0) is 14.9. The summed E-state index contributed by atoms with van der Waals surface area (Å²) in [4.78, 5) is 14.6. The van der Waals surface area contributed by atoms with Gasteiger partial charge >= 0.3 is 0 Å². The van der Waals surface area contributed by atoms with Crippen LogP contribution in [0, 0.1) is 0 Å². The SMILES string of the molecule is CCC[C@H]1COCCN1CCC(=O)NC1CCCCCC1. The molecule has 0 aromatic carbocycles. The molecule has 1 heterocycles. The standard InChI is InChI=1S/C17H32N2O2/c1-2-7-16-14-21-13-12-19(16)11-10-17(20)18-15-8-5-3-4-6-9-15/h15-16H,2-14H2,1H3,(H,18,20)/t16-/m0/s1. The molecule has 1 N–H and O–H groups in total. The van der Waals surface area contributed by atoms with Crippen LogP contribution in [0.25, 0.3) is 0 Å². The molecule has 1 saturated carbocycles. The number of carbonyl (C=O) groups is 1. The molecule has 2 fully saturated rings. The summed E-state index contributed by atoms with van der Waals surface area (Å²) in [5, 5.41) is 3.25. The fourth-order valence-corrected chi connectivity index (χ4v) is 3.55. The van der Waals surface area contributed by atoms with Gasteiger partial charge in [0.15, 0.2) is 0 Å². The third-order valence-electron chi connectivity index (χ3n) is 4.82. The van der Waals surface area contributed by atoms with Gasteiger partial charge in [0.25, 0.3) is 0 Å². The van der Waals surface area contributed by atoms with Crippen molar-refractivity contribution < 1.29 is 9.53 Å². The van der Waals surface area contributed by atoms with Crippen LogP contribution in [0.4, 0.5) is 0 Å². The van der Waals surface area contributed by atoms with E-state index >= 15 is 0 Å². The molecule has 1 saturated heterocycles. The molecule has 0 bridgehead atoms. The van der Waals surface area contributed by atoms with Crippen molar-refractivity contribution in [2.75, 3.05) is 26.3 Å². The highest BCUT2D eigenvalue weighted by atomic mass is 16.5. The molecule has 0 unspecified atom stereocenters. The summed E-state index contributed by atoms with van der Waals surface area (Å²) in [5.74, 6) is 0.239. The summed E-state index contributed by atoms with van der Waals surface area (Å²) in [5.41, 5.74) is 0. The molecule has 4 nitrogen and oxygen atoms in total. The maximum Gasteiger partial charge on any atom is 0.221 e. The van der Waals surface area contributed by atoms with Gasteiger partial charge in [-0.1, -0.05) is 39.0 Å². The van der Waals surface area contributed by atoms with Crippen molar-refractivity contribution in [3.8, 4) is 0 Å². The Morgan fingerprint density at radius 2 is 2.00 bits per heavy atom. The molecule has 0 radical (unpaired) electrons. The summed E-state index contributed by atoms with van der Waals surface area (Å²) in [6.07, 6.45) is 10.5. The van der Waals surface area contributed by atoms with E-state index in [9.17, 15) is 4.79 Å². The van der Waals surface area contributed by atoms with Gasteiger partial charge < -0.3 is 10.1 Å². The van der Waals surface area contributed by atoms with Gasteiger partial charge in [-0.15, -0.1) is 0 Å². The number of amides is 1. The lowest BCUT2D eigenvalue weighted by molar-refractivity contribution is -0.122. The van der Waals surface area contributed by atoms with Gasteiger partial charge in [0.1, 0.15) is 0 Å². The van der Waals surface area contributed by atoms with E-state index in [-0.39, 0.29) is 5.91 Å². The normalized spacial score (nSPS) is 25.5. The van der Waals surface area contributed by atoms with Crippen LogP contribution in [0.3, 0.4) is 0 Å². The minimum Gasteiger partial charge on any atom is -0.378 e. The van der Waals surface area contributed by atoms with Crippen molar-refractivity contribution in [3.05, 3.63) is 0 Å². The number of nitrogens with one attached hydrogen (secondary N) is 1. The second-order valence-electron chi connectivity index (χ2n) is 6.56. The van der Waals surface area contributed by atoms with E-state index in [4.69, 9.17) is 4.74 Å². The molecule has 4 heteroatoms. The van der Waals surface area contributed by atoms with Crippen molar-refractivity contribution in [2.24, 2.45) is 0 Å². The van der Waals surface area contributed by atoms with Crippen LogP contribution >= 0.6 is 0 Å². The van der Waals surface area contributed by atoms with Crippen LogP contribution in [-0.4, -0.2) is 49.2 Å². The number of hydrogen-bond donors (Lipinski definition) is 1. The van der Waals surface area contributed by atoms with E-state index in [2.05, 4.69) is 17.1 Å². The smallest absolute Gasteiger partial charge is 0.221 e. The lowest BCUT2D eigenvalue weighted by Crippen LogP contribution is -2.47. The Bertz CT molecular complexity index is 299. The molecule has 1 aliphatic heterocycles. The van der Waals surface area contributed by atoms with Gasteiger partial charge in [-0.25, -0.2) is 0 Å². The third kappa shape index (κ3) is 5.95. The van der Waals surface area contributed by atoms with E-state index < -0.39 is 0 Å². The number of nitrogens with zero attached hydrogens (tertiary/aromatic N) is 1. The monoisotopic (exact) mass is 296 g/mol. The molecule has 2 aliphatic rings. The first-order valence-corrected chi connectivity index (χ1v) is 8.90. The van der Waals surface area contributed by atoms with E-state index in [1.165, 1.54) is 51.4 Å². The fourth-order valence-electron chi connectivity index (χ4n) is 3.55. The predicted molar refractivity (Wildman–Crippen MR) is 85.3 cm³/mol. The summed E-state index contributed by atoms with van der Waals surface area (Å²) in [6.45, 7) is 5.71. The van der Waals surface area contributed by atoms with Gasteiger partial charge in [-0.3, -0.25) is 9.69 Å². The first-order chi connectivity index (χ1) is 10.3. The molecule has 1 aliphatic carbocycles. The average Bonchev–Trinajstić information content (AvgIpc) is 2.75. The Kier molecular flexibility index (Phi) is 7.51. The van der Waals surface area contributed by atoms with Crippen LogP contribution < -0.4 is 5.32 Å². The van der Waals surface area contributed by atoms with Crippen molar-refractivity contribution in [1.82, 2.24) is 10.2 Å². The van der Waals surface area contributed by atoms with Crippen molar-refractivity contribution in [1.29, 1.82) is 0 Å². The van der Waals surface area contributed by atoms with Crippen LogP contribution in [0.1, 0.15) is 64.7 Å². The quantitative estimate of drug-likeness (QED) is 0.766. The third-order valence-corrected chi connectivity index (χ3v) is 4.82. The van der Waals surface area contributed by atoms with E-state index in [1.807, 2.05) is 0 Å². The largest absolute Gasteiger partial charge is 0.378 e. The summed E-state index contributed by atoms with van der Waals surface area (Å²) >= 11 is 0. The van der Waals surface area contributed by atoms with E-state index in [1.54, 1.807) is 0 Å². The predicted octanol–water partition coefficient (Wildman–Crippen LogP) is 2.72. The first-order valence-electron chi connectivity index (χ1n) is 8.90. The molecule has 1 amide bonds. The zero-order valence-electron chi connectivity index (χ0n) is 13.6. The molecular formula is C17H32N2O2. The van der Waals surface area contributed by atoms with Crippen LogP contribution in [0.15, 0.2) is 0 Å². The molecule has 0 aromatic rings. The second kappa shape index (κ2) is 9.42. The highest BCUT2D eigenvalue weighted by Gasteiger charge is 2.23. The Balaban J connectivity index is 1.69. The minimum atomic E-state index is 0.239. The molecule has 2 rings (SSSR count). The molecular weight excluding hydrogens is 264 g/mol. The number of hydrogen-bond acceptors (Lipinski definition) is 3. The van der Waals surface area contributed by atoms with Crippen LogP contribution in [-0.2, 0) is 9.53 Å². The van der Waals surface area contributed by atoms with Crippen molar-refractivity contribution in [3.63, 3.8) is 0 Å². The highest BCUT2D eigenvalue weighted by molar-refractivity contribution is 5.76. The maximum atomic E-state index is 12.2. The van der Waals surface area contributed by atoms with Gasteiger partial charge in [0.2, 0.25) is 5.91 Å². The Morgan fingerprint density at radius 3 is 2.71 bits per heavy atom. The molecule has 0 spiro atoms. The van der Waals surface area contributed by atoms with Crippen molar-refractivity contribution >= 4 is 5.91 Å². The zero-order valence-corrected chi connectivity index (χ0v) is 13.6. The molecule has 21 heavy (non-hydrogen) atoms. The number of ether oxygens (including phenoxy) is 1. The Labute approximate surface area is 129 Å². The number of morpholine rings is 1. The summed E-state index contributed by atoms with van der Waals surface area (Å²) in [6, 6.07) is 0.936. The lowest BCUT2D eigenvalue weighted by Gasteiger charge is -2.35. The maximum absolute atomic E-state index is 12.2. The van der Waals surface area contributed by atoms with Gasteiger partial charge in [0, 0.05) is 31.6 Å². The fraction of sp³-hybridized carbons (Fsp3) is 0.941. The number of carbonyl (C=O) groups excluding carboxylic acids is 1. The van der Waals surface area contributed by atoms with E-state index in [0.29, 0.717) is 18.5 Å². The molecule has 1 atom stereocenters. The highest BCUT2D eigenvalue weighted by Crippen LogP contribution is 2.17. The molecule has 0 aromatic heterocycles. The summed E-state index contributed by atoms with van der Waals surface area (Å²) in [7, 11) is 0. The van der Waals surface area contributed by atoms with Crippen LogP contribution in [0.2, 0.25) is 0 Å².